The molecular formula is C16H25NO2. The molecule has 2 N–H and O–H groups in total. The van der Waals surface area contributed by atoms with Crippen molar-refractivity contribution in [2.45, 2.75) is 51.9 Å². The predicted octanol–water partition coefficient (Wildman–Crippen LogP) is 2.49. The van der Waals surface area contributed by atoms with Crippen LogP contribution >= 0.6 is 0 Å². The molecule has 0 aromatic heterocycles. The first-order chi connectivity index (χ1) is 8.92. The fourth-order valence-electron chi connectivity index (χ4n) is 2.75. The van der Waals surface area contributed by atoms with Crippen LogP contribution in [0.25, 0.3) is 0 Å². The molecule has 0 aliphatic carbocycles. The number of benzene rings is 1. The maximum absolute atomic E-state index is 10.5. The second-order valence-corrected chi connectivity index (χ2v) is 5.83. The summed E-state index contributed by atoms with van der Waals surface area (Å²) in [5.74, 6) is 0. The van der Waals surface area contributed by atoms with E-state index in [-0.39, 0.29) is 12.1 Å². The second-order valence-electron chi connectivity index (χ2n) is 5.83. The Hall–Kier alpha value is -0.900. The van der Waals surface area contributed by atoms with E-state index in [1.54, 1.807) is 0 Å². The van der Waals surface area contributed by atoms with Crippen LogP contribution in [0.4, 0.5) is 0 Å². The molecule has 106 valence electrons. The Morgan fingerprint density at radius 2 is 2.21 bits per heavy atom. The van der Waals surface area contributed by atoms with Crippen molar-refractivity contribution < 1.29 is 9.84 Å². The van der Waals surface area contributed by atoms with Gasteiger partial charge in [-0.2, -0.15) is 0 Å². The van der Waals surface area contributed by atoms with Crippen LogP contribution in [-0.4, -0.2) is 30.0 Å². The van der Waals surface area contributed by atoms with Crippen molar-refractivity contribution in [2.75, 3.05) is 13.2 Å². The summed E-state index contributed by atoms with van der Waals surface area (Å²) in [6.45, 7) is 9.55. The van der Waals surface area contributed by atoms with E-state index >= 15 is 0 Å². The van der Waals surface area contributed by atoms with Crippen molar-refractivity contribution >= 4 is 0 Å². The summed E-state index contributed by atoms with van der Waals surface area (Å²) < 4.78 is 5.46. The zero-order chi connectivity index (χ0) is 14.0. The van der Waals surface area contributed by atoms with Crippen molar-refractivity contribution in [3.63, 3.8) is 0 Å². The molecule has 3 heteroatoms. The van der Waals surface area contributed by atoms with Gasteiger partial charge in [0, 0.05) is 25.6 Å². The summed E-state index contributed by atoms with van der Waals surface area (Å²) in [6.07, 6.45) is 0.618. The minimum atomic E-state index is -0.729. The fraction of sp³-hybridized carbons (Fsp3) is 0.625. The predicted molar refractivity (Wildman–Crippen MR) is 77.3 cm³/mol. The molecule has 1 heterocycles. The lowest BCUT2D eigenvalue weighted by Gasteiger charge is -2.28. The molecule has 1 aliphatic rings. The lowest BCUT2D eigenvalue weighted by Crippen LogP contribution is -2.46. The Bertz CT molecular complexity index is 446. The maximum atomic E-state index is 10.5. The number of hydrogen-bond acceptors (Lipinski definition) is 3. The summed E-state index contributed by atoms with van der Waals surface area (Å²) in [5.41, 5.74) is 3.14. The van der Waals surface area contributed by atoms with Gasteiger partial charge in [-0.3, -0.25) is 0 Å². The van der Waals surface area contributed by atoms with E-state index in [0.29, 0.717) is 19.6 Å². The van der Waals surface area contributed by atoms with Crippen molar-refractivity contribution in [3.05, 3.63) is 34.9 Å². The van der Waals surface area contributed by atoms with Crippen LogP contribution in [-0.2, 0) is 4.74 Å². The average Bonchev–Trinajstić information content (AvgIpc) is 2.67. The summed E-state index contributed by atoms with van der Waals surface area (Å²) in [6, 6.07) is 6.73. The summed E-state index contributed by atoms with van der Waals surface area (Å²) in [5, 5.41) is 13.9. The first kappa shape index (κ1) is 14.5. The van der Waals surface area contributed by atoms with Gasteiger partial charge in [-0.15, -0.1) is 0 Å². The summed E-state index contributed by atoms with van der Waals surface area (Å²) in [7, 11) is 0. The standard InChI is InChI=1S/C16H25NO2/c1-11-5-6-15(12(2)9-11)13(3)17-10-16(18)7-8-19-14(16)4/h5-6,9,13-14,17-18H,7-8,10H2,1-4H3. The van der Waals surface area contributed by atoms with Crippen LogP contribution in [0.15, 0.2) is 18.2 Å². The topological polar surface area (TPSA) is 41.5 Å². The maximum Gasteiger partial charge on any atom is 0.105 e. The van der Waals surface area contributed by atoms with E-state index in [0.717, 1.165) is 0 Å². The third-order valence-corrected chi connectivity index (χ3v) is 4.27. The molecule has 1 aliphatic heterocycles. The summed E-state index contributed by atoms with van der Waals surface area (Å²) in [4.78, 5) is 0. The molecule has 0 bridgehead atoms. The van der Waals surface area contributed by atoms with Crippen LogP contribution in [0.1, 0.15) is 43.0 Å². The highest BCUT2D eigenvalue weighted by molar-refractivity contribution is 5.32. The number of nitrogens with one attached hydrogen (secondary N) is 1. The zero-order valence-electron chi connectivity index (χ0n) is 12.4. The van der Waals surface area contributed by atoms with E-state index < -0.39 is 5.60 Å². The third-order valence-electron chi connectivity index (χ3n) is 4.27. The number of aliphatic hydroxyl groups is 1. The molecule has 3 atom stereocenters. The third kappa shape index (κ3) is 3.16. The van der Waals surface area contributed by atoms with E-state index in [2.05, 4.69) is 44.3 Å². The molecule has 0 saturated carbocycles. The van der Waals surface area contributed by atoms with Gasteiger partial charge in [0.15, 0.2) is 0 Å². The van der Waals surface area contributed by atoms with Crippen LogP contribution in [0.2, 0.25) is 0 Å². The van der Waals surface area contributed by atoms with E-state index in [1.165, 1.54) is 16.7 Å². The van der Waals surface area contributed by atoms with E-state index in [4.69, 9.17) is 4.74 Å². The molecule has 0 spiro atoms. The van der Waals surface area contributed by atoms with E-state index in [1.807, 2.05) is 6.92 Å². The quantitative estimate of drug-likeness (QED) is 0.877. The minimum Gasteiger partial charge on any atom is -0.386 e. The highest BCUT2D eigenvalue weighted by Crippen LogP contribution is 2.26. The summed E-state index contributed by atoms with van der Waals surface area (Å²) >= 11 is 0. The van der Waals surface area contributed by atoms with Gasteiger partial charge < -0.3 is 15.2 Å². The Kier molecular flexibility index (Phi) is 4.29. The first-order valence-corrected chi connectivity index (χ1v) is 7.07. The van der Waals surface area contributed by atoms with Gasteiger partial charge in [0.1, 0.15) is 5.60 Å². The number of ether oxygens (including phenoxy) is 1. The molecule has 1 fully saturated rings. The lowest BCUT2D eigenvalue weighted by atomic mass is 9.95. The van der Waals surface area contributed by atoms with Crippen molar-refractivity contribution in [2.24, 2.45) is 0 Å². The van der Waals surface area contributed by atoms with Gasteiger partial charge in [-0.05, 0) is 38.8 Å². The molecule has 3 nitrogen and oxygen atoms in total. The molecule has 0 radical (unpaired) electrons. The molecule has 3 unspecified atom stereocenters. The van der Waals surface area contributed by atoms with Crippen LogP contribution in [0.3, 0.4) is 0 Å². The molecular weight excluding hydrogens is 238 g/mol. The van der Waals surface area contributed by atoms with Crippen molar-refractivity contribution in [3.8, 4) is 0 Å². The van der Waals surface area contributed by atoms with Gasteiger partial charge in [0.25, 0.3) is 0 Å². The van der Waals surface area contributed by atoms with Gasteiger partial charge in [0.2, 0.25) is 0 Å². The van der Waals surface area contributed by atoms with Crippen LogP contribution in [0, 0.1) is 13.8 Å². The molecule has 19 heavy (non-hydrogen) atoms. The Labute approximate surface area is 116 Å². The SMILES string of the molecule is Cc1ccc(C(C)NCC2(O)CCOC2C)c(C)c1. The van der Waals surface area contributed by atoms with Gasteiger partial charge in [0.05, 0.1) is 6.10 Å². The Balaban J connectivity index is 1.99. The highest BCUT2D eigenvalue weighted by atomic mass is 16.5. The largest absolute Gasteiger partial charge is 0.386 e. The molecule has 2 rings (SSSR count). The molecule has 0 amide bonds. The monoisotopic (exact) mass is 263 g/mol. The van der Waals surface area contributed by atoms with Gasteiger partial charge in [-0.25, -0.2) is 0 Å². The van der Waals surface area contributed by atoms with Crippen molar-refractivity contribution in [1.82, 2.24) is 5.32 Å². The minimum absolute atomic E-state index is 0.0914. The van der Waals surface area contributed by atoms with Crippen LogP contribution < -0.4 is 5.32 Å². The molecule has 1 saturated heterocycles. The molecule has 1 aromatic rings. The highest BCUT2D eigenvalue weighted by Gasteiger charge is 2.39. The lowest BCUT2D eigenvalue weighted by molar-refractivity contribution is -0.0274. The van der Waals surface area contributed by atoms with Crippen LogP contribution in [0.5, 0.6) is 0 Å². The zero-order valence-corrected chi connectivity index (χ0v) is 12.4. The smallest absolute Gasteiger partial charge is 0.105 e. The Morgan fingerprint density at radius 3 is 2.79 bits per heavy atom. The van der Waals surface area contributed by atoms with Gasteiger partial charge >= 0.3 is 0 Å². The molecule has 1 aromatic carbocycles. The van der Waals surface area contributed by atoms with E-state index in [9.17, 15) is 5.11 Å². The van der Waals surface area contributed by atoms with Gasteiger partial charge in [-0.1, -0.05) is 23.8 Å². The van der Waals surface area contributed by atoms with Crippen molar-refractivity contribution in [1.29, 1.82) is 0 Å². The number of rotatable bonds is 4. The fourth-order valence-corrected chi connectivity index (χ4v) is 2.75. The second kappa shape index (κ2) is 5.61. The Morgan fingerprint density at radius 1 is 1.47 bits per heavy atom. The first-order valence-electron chi connectivity index (χ1n) is 7.07. The normalized spacial score (nSPS) is 28.6. The number of aryl methyl sites for hydroxylation is 2. The number of hydrogen-bond donors (Lipinski definition) is 2. The average molecular weight is 263 g/mol.